The second kappa shape index (κ2) is 5.53. The molecule has 0 spiro atoms. The van der Waals surface area contributed by atoms with Gasteiger partial charge in [-0.25, -0.2) is 0 Å². The molecule has 0 bridgehead atoms. The van der Waals surface area contributed by atoms with Crippen molar-refractivity contribution in [3.8, 4) is 5.75 Å². The van der Waals surface area contributed by atoms with Crippen molar-refractivity contribution >= 4 is 45.6 Å². The summed E-state index contributed by atoms with van der Waals surface area (Å²) in [5.74, 6) is -0.289. The molecule has 0 saturated carbocycles. The molecule has 1 amide bonds. The zero-order chi connectivity index (χ0) is 17.8. The van der Waals surface area contributed by atoms with Gasteiger partial charge in [-0.3, -0.25) is 13.9 Å². The molecule has 130 valence electrons. The lowest BCUT2D eigenvalue weighted by Crippen LogP contribution is -2.27. The summed E-state index contributed by atoms with van der Waals surface area (Å²) >= 11 is 5.85. The largest absolute Gasteiger partial charge is 0.506 e. The lowest BCUT2D eigenvalue weighted by Gasteiger charge is -2.34. The topological polar surface area (TPSA) is 126 Å². The van der Waals surface area contributed by atoms with E-state index < -0.39 is 10.8 Å². The molecule has 0 fully saturated rings. The predicted octanol–water partition coefficient (Wildman–Crippen LogP) is 3.21. The van der Waals surface area contributed by atoms with Crippen molar-refractivity contribution in [2.45, 2.75) is 11.4 Å². The Kier molecular flexibility index (Phi) is 3.55. The summed E-state index contributed by atoms with van der Waals surface area (Å²) in [6.45, 7) is 0.431. The molecular formula is C15H13ClN4O4S. The molecule has 10 heteroatoms. The number of carbonyl (C=O) groups excluding carboxylic acids is 1. The molecule has 8 nitrogen and oxygen atoms in total. The van der Waals surface area contributed by atoms with Gasteiger partial charge in [-0.05, 0) is 29.8 Å². The van der Waals surface area contributed by atoms with E-state index in [1.54, 1.807) is 18.2 Å². The van der Waals surface area contributed by atoms with Crippen molar-refractivity contribution in [2.75, 3.05) is 10.6 Å². The summed E-state index contributed by atoms with van der Waals surface area (Å²) < 4.78 is 24.4. The minimum atomic E-state index is -3.52. The van der Waals surface area contributed by atoms with Crippen LogP contribution in [-0.4, -0.2) is 26.1 Å². The molecule has 6 N–H and O–H groups in total. The molecule has 0 saturated heterocycles. The van der Waals surface area contributed by atoms with Gasteiger partial charge in [0, 0.05) is 28.9 Å². The van der Waals surface area contributed by atoms with E-state index in [9.17, 15) is 19.0 Å². The molecule has 2 aliphatic rings. The Balaban J connectivity index is 1.67. The number of hydrogen-bond donors (Lipinski definition) is 6. The van der Waals surface area contributed by atoms with Crippen LogP contribution in [0.25, 0.3) is 0 Å². The number of nitrogens with zero attached hydrogens (tertiary/aromatic N) is 1. The van der Waals surface area contributed by atoms with E-state index in [0.717, 1.165) is 5.56 Å². The molecule has 0 atom stereocenters. The first kappa shape index (κ1) is 16.0. The van der Waals surface area contributed by atoms with Gasteiger partial charge in [0.25, 0.3) is 5.91 Å². The summed E-state index contributed by atoms with van der Waals surface area (Å²) in [5, 5.41) is 18.7. The van der Waals surface area contributed by atoms with Gasteiger partial charge in [-0.15, -0.1) is 4.40 Å². The van der Waals surface area contributed by atoms with E-state index in [1.165, 1.54) is 12.1 Å². The summed E-state index contributed by atoms with van der Waals surface area (Å²) in [7, 11) is -3.52. The number of carbonyl (C=O) groups is 1. The number of fused-ring (bicyclic) bond motifs is 2. The highest BCUT2D eigenvalue weighted by Gasteiger charge is 2.29. The number of rotatable bonds is 1. The SMILES string of the molecule is O=C1NCc2cc(NC3=NS(O)(O)c4cc(Cl)cc(O)c4N3)ccc21. The minimum absolute atomic E-state index is 0.0202. The van der Waals surface area contributed by atoms with E-state index >= 15 is 0 Å². The molecule has 0 aromatic heterocycles. The van der Waals surface area contributed by atoms with Crippen LogP contribution in [0.15, 0.2) is 39.6 Å². The summed E-state index contributed by atoms with van der Waals surface area (Å²) in [4.78, 5) is 11.6. The highest BCUT2D eigenvalue weighted by molar-refractivity contribution is 8.23. The number of benzene rings is 2. The lowest BCUT2D eigenvalue weighted by atomic mass is 10.1. The van der Waals surface area contributed by atoms with Crippen LogP contribution in [0.3, 0.4) is 0 Å². The number of halogens is 1. The predicted molar refractivity (Wildman–Crippen MR) is 96.5 cm³/mol. The van der Waals surface area contributed by atoms with Crippen molar-refractivity contribution in [1.29, 1.82) is 0 Å². The zero-order valence-electron chi connectivity index (χ0n) is 12.6. The van der Waals surface area contributed by atoms with Crippen LogP contribution >= 0.6 is 22.4 Å². The molecule has 2 aromatic rings. The van der Waals surface area contributed by atoms with Gasteiger partial charge in [0.2, 0.25) is 5.96 Å². The van der Waals surface area contributed by atoms with E-state index in [0.29, 0.717) is 17.8 Å². The second-order valence-electron chi connectivity index (χ2n) is 5.56. The van der Waals surface area contributed by atoms with Gasteiger partial charge in [0.1, 0.15) is 16.3 Å². The van der Waals surface area contributed by atoms with Crippen molar-refractivity contribution in [1.82, 2.24) is 5.32 Å². The van der Waals surface area contributed by atoms with Crippen molar-refractivity contribution in [3.63, 3.8) is 0 Å². The van der Waals surface area contributed by atoms with Gasteiger partial charge in [-0.1, -0.05) is 22.4 Å². The van der Waals surface area contributed by atoms with Gasteiger partial charge in [0.15, 0.2) is 0 Å². The first-order valence-electron chi connectivity index (χ1n) is 7.19. The van der Waals surface area contributed by atoms with Crippen LogP contribution in [0.5, 0.6) is 5.75 Å². The monoisotopic (exact) mass is 380 g/mol. The molecule has 0 aliphatic carbocycles. The van der Waals surface area contributed by atoms with Crippen molar-refractivity contribution < 1.29 is 19.0 Å². The molecule has 2 aliphatic heterocycles. The number of nitrogens with one attached hydrogen (secondary N) is 3. The van der Waals surface area contributed by atoms with Gasteiger partial charge in [-0.2, -0.15) is 0 Å². The molecule has 0 unspecified atom stereocenters. The Hall–Kier alpha value is -2.46. The Morgan fingerprint density at radius 1 is 1.24 bits per heavy atom. The van der Waals surface area contributed by atoms with Crippen LogP contribution in [0.2, 0.25) is 5.02 Å². The number of amides is 1. The number of phenols is 1. The average molecular weight is 381 g/mol. The van der Waals surface area contributed by atoms with E-state index in [2.05, 4.69) is 20.3 Å². The molecule has 0 radical (unpaired) electrons. The minimum Gasteiger partial charge on any atom is -0.506 e. The summed E-state index contributed by atoms with van der Waals surface area (Å²) in [6, 6.07) is 7.74. The highest BCUT2D eigenvalue weighted by atomic mass is 35.5. The van der Waals surface area contributed by atoms with Gasteiger partial charge in [0.05, 0.1) is 0 Å². The van der Waals surface area contributed by atoms with E-state index in [4.69, 9.17) is 11.6 Å². The van der Waals surface area contributed by atoms with E-state index in [1.807, 2.05) is 0 Å². The number of guanidine groups is 1. The average Bonchev–Trinajstić information content (AvgIpc) is 2.89. The zero-order valence-corrected chi connectivity index (χ0v) is 14.1. The van der Waals surface area contributed by atoms with Crippen LogP contribution in [0, 0.1) is 0 Å². The number of phenolic OH excluding ortho intramolecular Hbond substituents is 1. The fraction of sp³-hybridized carbons (Fsp3) is 0.0667. The Morgan fingerprint density at radius 3 is 2.84 bits per heavy atom. The van der Waals surface area contributed by atoms with Crippen LogP contribution in [0.1, 0.15) is 15.9 Å². The highest BCUT2D eigenvalue weighted by Crippen LogP contribution is 2.57. The van der Waals surface area contributed by atoms with Crippen LogP contribution in [-0.2, 0) is 6.54 Å². The van der Waals surface area contributed by atoms with E-state index in [-0.39, 0.29) is 33.2 Å². The third-order valence-corrected chi connectivity index (χ3v) is 5.42. The summed E-state index contributed by atoms with van der Waals surface area (Å²) in [5.41, 5.74) is 2.16. The van der Waals surface area contributed by atoms with Gasteiger partial charge < -0.3 is 21.1 Å². The Labute approximate surface area is 149 Å². The van der Waals surface area contributed by atoms with Crippen LogP contribution in [0.4, 0.5) is 11.4 Å². The quantitative estimate of drug-likeness (QED) is 0.422. The molecule has 2 heterocycles. The fourth-order valence-electron chi connectivity index (χ4n) is 2.73. The fourth-order valence-corrected chi connectivity index (χ4v) is 4.16. The maximum atomic E-state index is 11.6. The third kappa shape index (κ3) is 2.76. The third-order valence-electron chi connectivity index (χ3n) is 3.86. The van der Waals surface area contributed by atoms with Gasteiger partial charge >= 0.3 is 0 Å². The van der Waals surface area contributed by atoms with Crippen molar-refractivity contribution in [2.24, 2.45) is 4.40 Å². The maximum absolute atomic E-state index is 11.6. The second-order valence-corrected chi connectivity index (χ2v) is 7.66. The number of hydrogen-bond acceptors (Lipinski definition) is 7. The Bertz CT molecular complexity index is 947. The molecule has 2 aromatic carbocycles. The van der Waals surface area contributed by atoms with Crippen LogP contribution < -0.4 is 16.0 Å². The number of anilines is 2. The first-order chi connectivity index (χ1) is 11.8. The van der Waals surface area contributed by atoms with Crippen molar-refractivity contribution in [3.05, 3.63) is 46.5 Å². The normalized spacial score (nSPS) is 18.4. The Morgan fingerprint density at radius 2 is 2.04 bits per heavy atom. The summed E-state index contributed by atoms with van der Waals surface area (Å²) in [6.07, 6.45) is 0. The molecular weight excluding hydrogens is 368 g/mol. The standard InChI is InChI=1S/C15H13ClN4O4S/c16-8-4-11(21)13-12(5-8)25(23,24)20-15(19-13)18-9-1-2-10-7(3-9)6-17-14(10)22/h1-5,21,23-24H,6H2,(H,17,22)(H2,18,19,20). The molecule has 4 rings (SSSR count). The first-order valence-corrected chi connectivity index (χ1v) is 9.07. The maximum Gasteiger partial charge on any atom is 0.251 e. The number of aromatic hydroxyl groups is 1. The lowest BCUT2D eigenvalue weighted by molar-refractivity contribution is 0.0965. The molecule has 25 heavy (non-hydrogen) atoms. The smallest absolute Gasteiger partial charge is 0.251 e.